The molecule has 0 radical (unpaired) electrons. The number of hydrogen-bond donors (Lipinski definition) is 3. The smallest absolute Gasteiger partial charge is 0.294 e. The highest BCUT2D eigenvalue weighted by Gasteiger charge is 2.36. The molecule has 1 aromatic heterocycles. The molecule has 172 valence electrons. The van der Waals surface area contributed by atoms with E-state index in [1.54, 1.807) is 0 Å². The van der Waals surface area contributed by atoms with Gasteiger partial charge in [0.05, 0.1) is 20.0 Å². The predicted octanol–water partition coefficient (Wildman–Crippen LogP) is 2.87. The first kappa shape index (κ1) is 22.9. The van der Waals surface area contributed by atoms with Crippen molar-refractivity contribution in [2.75, 3.05) is 17.3 Å². The number of nitro groups is 1. The molecule has 0 bridgehead atoms. The van der Waals surface area contributed by atoms with Crippen LogP contribution in [0, 0.1) is 10.1 Å². The fourth-order valence-corrected chi connectivity index (χ4v) is 4.46. The Morgan fingerprint density at radius 3 is 2.56 bits per heavy atom. The van der Waals surface area contributed by atoms with Gasteiger partial charge >= 0.3 is 0 Å². The lowest BCUT2D eigenvalue weighted by atomic mass is 10.3. The molecule has 3 aromatic rings. The first-order valence-corrected chi connectivity index (χ1v) is 11.1. The number of thiazole rings is 1. The van der Waals surface area contributed by atoms with Gasteiger partial charge in [0.1, 0.15) is 6.54 Å². The molecule has 2 aromatic carbocycles. The number of hydrazine groups is 1. The zero-order chi connectivity index (χ0) is 24.2. The molecular formula is C20H14N6O6S2. The van der Waals surface area contributed by atoms with Gasteiger partial charge in [-0.25, -0.2) is 4.98 Å². The van der Waals surface area contributed by atoms with Gasteiger partial charge in [0.2, 0.25) is 11.0 Å². The molecule has 1 aliphatic heterocycles. The summed E-state index contributed by atoms with van der Waals surface area (Å²) < 4.78 is 0.919. The number of anilines is 2. The van der Waals surface area contributed by atoms with Crippen LogP contribution in [-0.4, -0.2) is 44.3 Å². The number of carbonyl (C=O) groups is 4. The molecule has 4 amide bonds. The zero-order valence-corrected chi connectivity index (χ0v) is 18.6. The Bertz CT molecular complexity index is 1320. The van der Waals surface area contributed by atoms with Gasteiger partial charge in [0.15, 0.2) is 0 Å². The average Bonchev–Trinajstić information content (AvgIpc) is 3.34. The van der Waals surface area contributed by atoms with Gasteiger partial charge in [-0.2, -0.15) is 0 Å². The standard InChI is InChI=1S/C20H14N6O6S2/c27-16(21-11-5-7-12(8-6-11)26(31)32)9-15-18(29)25(20(30)34-15)10-17(28)23-24-19-22-13-3-1-2-4-14(13)33-19/h1-9H,10H2,(H,21,27)(H,22,24)(H,23,28)/b15-9-. The summed E-state index contributed by atoms with van der Waals surface area (Å²) in [5.41, 5.74) is 5.92. The summed E-state index contributed by atoms with van der Waals surface area (Å²) >= 11 is 1.84. The van der Waals surface area contributed by atoms with Crippen molar-refractivity contribution >= 4 is 72.8 Å². The second-order valence-corrected chi connectivity index (χ2v) is 8.74. The number of amides is 4. The Kier molecular flexibility index (Phi) is 6.51. The summed E-state index contributed by atoms with van der Waals surface area (Å²) in [4.78, 5) is 64.1. The topological polar surface area (TPSA) is 164 Å². The number of rotatable bonds is 7. The quantitative estimate of drug-likeness (QED) is 0.252. The Balaban J connectivity index is 1.32. The van der Waals surface area contributed by atoms with Gasteiger partial charge in [0.25, 0.3) is 22.7 Å². The van der Waals surface area contributed by atoms with E-state index in [0.717, 1.165) is 16.3 Å². The minimum Gasteiger partial charge on any atom is -0.322 e. The molecule has 0 unspecified atom stereocenters. The molecule has 3 N–H and O–H groups in total. The van der Waals surface area contributed by atoms with Crippen molar-refractivity contribution in [2.24, 2.45) is 0 Å². The number of nitro benzene ring substituents is 1. The molecule has 1 fully saturated rings. The number of aromatic nitrogens is 1. The summed E-state index contributed by atoms with van der Waals surface area (Å²) in [6.45, 7) is -0.552. The highest BCUT2D eigenvalue weighted by atomic mass is 32.2. The van der Waals surface area contributed by atoms with Crippen molar-refractivity contribution in [3.05, 3.63) is 69.6 Å². The molecule has 2 heterocycles. The largest absolute Gasteiger partial charge is 0.322 e. The van der Waals surface area contributed by atoms with Crippen LogP contribution in [0.5, 0.6) is 0 Å². The van der Waals surface area contributed by atoms with Crippen LogP contribution in [0.2, 0.25) is 0 Å². The number of carbonyl (C=O) groups excluding carboxylic acids is 4. The number of thioether (sulfide) groups is 1. The van der Waals surface area contributed by atoms with Crippen LogP contribution in [0.25, 0.3) is 10.2 Å². The lowest BCUT2D eigenvalue weighted by Gasteiger charge is -2.12. The summed E-state index contributed by atoms with van der Waals surface area (Å²) in [5, 5.41) is 12.9. The molecular weight excluding hydrogens is 484 g/mol. The molecule has 0 spiro atoms. The maximum absolute atomic E-state index is 12.5. The number of hydrogen-bond acceptors (Lipinski definition) is 10. The highest BCUT2D eigenvalue weighted by Crippen LogP contribution is 2.30. The van der Waals surface area contributed by atoms with E-state index in [1.165, 1.54) is 35.6 Å². The molecule has 1 saturated heterocycles. The Labute approximate surface area is 199 Å². The number of para-hydroxylation sites is 1. The van der Waals surface area contributed by atoms with Crippen LogP contribution in [0.15, 0.2) is 59.5 Å². The minimum absolute atomic E-state index is 0.144. The number of imide groups is 1. The lowest BCUT2D eigenvalue weighted by Crippen LogP contribution is -2.41. The van der Waals surface area contributed by atoms with E-state index in [1.807, 2.05) is 24.3 Å². The summed E-state index contributed by atoms with van der Waals surface area (Å²) in [6.07, 6.45) is 0.934. The summed E-state index contributed by atoms with van der Waals surface area (Å²) in [6, 6.07) is 12.5. The van der Waals surface area contributed by atoms with Gasteiger partial charge in [-0.1, -0.05) is 23.5 Å². The number of nitrogens with one attached hydrogen (secondary N) is 3. The number of benzene rings is 2. The van der Waals surface area contributed by atoms with Crippen LogP contribution < -0.4 is 16.2 Å². The van der Waals surface area contributed by atoms with E-state index >= 15 is 0 Å². The Morgan fingerprint density at radius 1 is 1.12 bits per heavy atom. The second-order valence-electron chi connectivity index (χ2n) is 6.72. The van der Waals surface area contributed by atoms with Crippen LogP contribution in [0.4, 0.5) is 21.3 Å². The summed E-state index contributed by atoms with van der Waals surface area (Å²) in [7, 11) is 0. The maximum atomic E-state index is 12.5. The van der Waals surface area contributed by atoms with Gasteiger partial charge < -0.3 is 5.32 Å². The van der Waals surface area contributed by atoms with Crippen molar-refractivity contribution < 1.29 is 24.1 Å². The van der Waals surface area contributed by atoms with E-state index in [9.17, 15) is 29.3 Å². The number of non-ortho nitro benzene ring substituents is 1. The molecule has 12 nitrogen and oxygen atoms in total. The van der Waals surface area contributed by atoms with Crippen molar-refractivity contribution in [2.45, 2.75) is 0 Å². The Hall–Kier alpha value is -4.30. The fraction of sp³-hybridized carbons (Fsp3) is 0.0500. The van der Waals surface area contributed by atoms with Crippen LogP contribution >= 0.6 is 23.1 Å². The molecule has 34 heavy (non-hydrogen) atoms. The number of fused-ring (bicyclic) bond motifs is 1. The van der Waals surface area contributed by atoms with E-state index in [0.29, 0.717) is 21.8 Å². The molecule has 14 heteroatoms. The molecule has 1 aliphatic rings. The van der Waals surface area contributed by atoms with E-state index in [4.69, 9.17) is 0 Å². The van der Waals surface area contributed by atoms with Gasteiger partial charge in [0, 0.05) is 23.9 Å². The van der Waals surface area contributed by atoms with Crippen LogP contribution in [0.3, 0.4) is 0 Å². The fourth-order valence-electron chi connectivity index (χ4n) is 2.83. The molecule has 0 saturated carbocycles. The van der Waals surface area contributed by atoms with Crippen molar-refractivity contribution in [3.8, 4) is 0 Å². The van der Waals surface area contributed by atoms with Gasteiger partial charge in [-0.3, -0.25) is 45.0 Å². The molecule has 4 rings (SSSR count). The van der Waals surface area contributed by atoms with Crippen molar-refractivity contribution in [3.63, 3.8) is 0 Å². The average molecular weight is 499 g/mol. The molecule has 0 atom stereocenters. The van der Waals surface area contributed by atoms with E-state index < -0.39 is 34.4 Å². The lowest BCUT2D eigenvalue weighted by molar-refractivity contribution is -0.384. The predicted molar refractivity (Wildman–Crippen MR) is 126 cm³/mol. The van der Waals surface area contributed by atoms with Crippen molar-refractivity contribution in [1.82, 2.24) is 15.3 Å². The third-order valence-electron chi connectivity index (χ3n) is 4.39. The van der Waals surface area contributed by atoms with E-state index in [2.05, 4.69) is 21.2 Å². The van der Waals surface area contributed by atoms with Gasteiger partial charge in [-0.15, -0.1) is 0 Å². The third kappa shape index (κ3) is 5.19. The maximum Gasteiger partial charge on any atom is 0.294 e. The minimum atomic E-state index is -0.788. The zero-order valence-electron chi connectivity index (χ0n) is 17.0. The van der Waals surface area contributed by atoms with Crippen LogP contribution in [0.1, 0.15) is 0 Å². The first-order valence-electron chi connectivity index (χ1n) is 9.51. The summed E-state index contributed by atoms with van der Waals surface area (Å²) in [5.74, 6) is -2.15. The van der Waals surface area contributed by atoms with Gasteiger partial charge in [-0.05, 0) is 36.0 Å². The second kappa shape index (κ2) is 9.68. The Morgan fingerprint density at radius 2 is 1.85 bits per heavy atom. The normalized spacial score (nSPS) is 14.5. The van der Waals surface area contributed by atoms with Crippen LogP contribution in [-0.2, 0) is 14.4 Å². The highest BCUT2D eigenvalue weighted by molar-refractivity contribution is 8.18. The number of nitrogens with zero attached hydrogens (tertiary/aromatic N) is 3. The van der Waals surface area contributed by atoms with E-state index in [-0.39, 0.29) is 16.3 Å². The monoisotopic (exact) mass is 498 g/mol. The third-order valence-corrected chi connectivity index (χ3v) is 6.25. The molecule has 0 aliphatic carbocycles. The SMILES string of the molecule is O=C(/C=C1\SC(=O)N(CC(=O)NNc2nc3ccccc3s2)C1=O)Nc1ccc([N+](=O)[O-])cc1. The van der Waals surface area contributed by atoms with Crippen molar-refractivity contribution in [1.29, 1.82) is 0 Å². The first-order chi connectivity index (χ1) is 16.3.